The number of aromatic carboxylic acids is 1. The number of piperidine rings is 1. The Bertz CT molecular complexity index is 731. The lowest BCUT2D eigenvalue weighted by Gasteiger charge is -2.41. The van der Waals surface area contributed by atoms with Crippen LogP contribution in [0.3, 0.4) is 0 Å². The first-order valence-corrected chi connectivity index (χ1v) is 9.47. The van der Waals surface area contributed by atoms with Gasteiger partial charge in [0.25, 0.3) is 0 Å². The van der Waals surface area contributed by atoms with Crippen molar-refractivity contribution in [3.63, 3.8) is 0 Å². The molecule has 28 heavy (non-hydrogen) atoms. The summed E-state index contributed by atoms with van der Waals surface area (Å²) >= 11 is 0. The molecule has 0 unspecified atom stereocenters. The average molecular weight is 392 g/mol. The van der Waals surface area contributed by atoms with E-state index in [1.807, 2.05) is 0 Å². The second kappa shape index (κ2) is 8.81. The Morgan fingerprint density at radius 3 is 2.50 bits per heavy atom. The number of nitrogens with zero attached hydrogens (tertiary/aromatic N) is 1. The molecule has 1 amide bonds. The number of likely N-dealkylation sites (tertiary alicyclic amines) is 1. The van der Waals surface area contributed by atoms with Gasteiger partial charge in [0, 0.05) is 5.92 Å². The van der Waals surface area contributed by atoms with Gasteiger partial charge in [0.2, 0.25) is 5.91 Å². The third kappa shape index (κ3) is 4.57. The van der Waals surface area contributed by atoms with Crippen LogP contribution in [0.2, 0.25) is 6.32 Å². The molecule has 2 aliphatic rings. The number of aryl methyl sites for hydroxylation is 1. The summed E-state index contributed by atoms with van der Waals surface area (Å²) in [6, 6.07) is 2.97. The molecule has 0 aliphatic carbocycles. The summed E-state index contributed by atoms with van der Waals surface area (Å²) in [5.74, 6) is -1.59. The summed E-state index contributed by atoms with van der Waals surface area (Å²) in [6.07, 6.45) is 1.41. The molecule has 2 saturated heterocycles. The van der Waals surface area contributed by atoms with Crippen LogP contribution in [0.15, 0.2) is 12.1 Å². The van der Waals surface area contributed by atoms with Crippen LogP contribution in [0.4, 0.5) is 0 Å². The van der Waals surface area contributed by atoms with Gasteiger partial charge in [-0.3, -0.25) is 4.79 Å². The van der Waals surface area contributed by atoms with Gasteiger partial charge < -0.3 is 35.2 Å². The molecule has 0 saturated carbocycles. The van der Waals surface area contributed by atoms with Gasteiger partial charge in [-0.25, -0.2) is 4.79 Å². The Morgan fingerprint density at radius 2 is 1.89 bits per heavy atom. The van der Waals surface area contributed by atoms with Crippen molar-refractivity contribution >= 4 is 19.0 Å². The van der Waals surface area contributed by atoms with Gasteiger partial charge in [0.15, 0.2) is 0 Å². The Hall–Kier alpha value is -2.30. The molecule has 5 N–H and O–H groups in total. The molecule has 0 radical (unpaired) electrons. The molecular weight excluding hydrogens is 367 g/mol. The van der Waals surface area contributed by atoms with Gasteiger partial charge in [-0.1, -0.05) is 6.07 Å². The number of nitrogens with one attached hydrogen (secondary N) is 1. The lowest BCUT2D eigenvalue weighted by atomic mass is 9.82. The predicted molar refractivity (Wildman–Crippen MR) is 100 cm³/mol. The van der Waals surface area contributed by atoms with Crippen molar-refractivity contribution in [2.45, 2.75) is 31.7 Å². The largest absolute Gasteiger partial charge is 0.507 e. The van der Waals surface area contributed by atoms with Gasteiger partial charge in [0.05, 0.1) is 13.1 Å². The van der Waals surface area contributed by atoms with E-state index in [4.69, 9.17) is 14.8 Å². The van der Waals surface area contributed by atoms with E-state index in [1.54, 1.807) is 4.90 Å². The van der Waals surface area contributed by atoms with E-state index in [1.165, 1.54) is 12.1 Å². The molecule has 3 rings (SSSR count). The minimum Gasteiger partial charge on any atom is -0.507 e. The minimum atomic E-state index is -1.54. The van der Waals surface area contributed by atoms with Crippen molar-refractivity contribution in [2.75, 3.05) is 26.2 Å². The number of benzene rings is 1. The van der Waals surface area contributed by atoms with E-state index in [0.29, 0.717) is 18.7 Å². The average Bonchev–Trinajstić information content (AvgIpc) is 2.63. The number of carbonyl (C=O) groups is 2. The van der Waals surface area contributed by atoms with E-state index in [0.717, 1.165) is 25.9 Å². The highest BCUT2D eigenvalue weighted by molar-refractivity contribution is 6.41. The van der Waals surface area contributed by atoms with Crippen molar-refractivity contribution in [1.29, 1.82) is 0 Å². The maximum absolute atomic E-state index is 12.4. The Balaban J connectivity index is 1.62. The number of ether oxygens (including phenoxy) is 1. The molecule has 0 atom stereocenters. The molecule has 152 valence electrons. The maximum atomic E-state index is 12.4. The zero-order valence-electron chi connectivity index (χ0n) is 15.5. The molecule has 0 aromatic heterocycles. The van der Waals surface area contributed by atoms with Crippen LogP contribution in [-0.2, 0) is 11.2 Å². The lowest BCUT2D eigenvalue weighted by Crippen LogP contribution is -2.58. The second-order valence-corrected chi connectivity index (χ2v) is 7.28. The number of rotatable bonds is 7. The van der Waals surface area contributed by atoms with Crippen LogP contribution in [0.5, 0.6) is 11.5 Å². The van der Waals surface area contributed by atoms with Crippen LogP contribution in [0.25, 0.3) is 0 Å². The fourth-order valence-corrected chi connectivity index (χ4v) is 3.61. The molecule has 2 heterocycles. The summed E-state index contributed by atoms with van der Waals surface area (Å²) in [6.45, 7) is 2.46. The lowest BCUT2D eigenvalue weighted by molar-refractivity contribution is -0.145. The summed E-state index contributed by atoms with van der Waals surface area (Å²) < 4.78 is 5.73. The van der Waals surface area contributed by atoms with Gasteiger partial charge >= 0.3 is 13.1 Å². The standard InChI is InChI=1S/C18H25BN2O7/c22-16-11(3-6-19(26)27)1-2-14(15(16)18(24)25)28-13-9-21(10-13)17(23)12-4-7-20-8-5-12/h1-2,12-13,20,22,26-27H,3-10H2,(H,24,25). The first-order chi connectivity index (χ1) is 13.4. The van der Waals surface area contributed by atoms with E-state index in [2.05, 4.69) is 5.32 Å². The summed E-state index contributed by atoms with van der Waals surface area (Å²) in [7, 11) is -1.54. The fraction of sp³-hybridized carbons (Fsp3) is 0.556. The van der Waals surface area contributed by atoms with Crippen molar-refractivity contribution in [3.05, 3.63) is 23.3 Å². The van der Waals surface area contributed by atoms with Crippen LogP contribution in [0.1, 0.15) is 28.8 Å². The van der Waals surface area contributed by atoms with Gasteiger partial charge in [0.1, 0.15) is 23.2 Å². The van der Waals surface area contributed by atoms with Crippen molar-refractivity contribution in [3.8, 4) is 11.5 Å². The molecule has 1 aromatic carbocycles. The molecule has 9 nitrogen and oxygen atoms in total. The highest BCUT2D eigenvalue weighted by Crippen LogP contribution is 2.34. The summed E-state index contributed by atoms with van der Waals surface area (Å²) in [5, 5.41) is 40.9. The fourth-order valence-electron chi connectivity index (χ4n) is 3.61. The highest BCUT2D eigenvalue weighted by Gasteiger charge is 2.37. The zero-order chi connectivity index (χ0) is 20.3. The SMILES string of the molecule is O=C(O)c1c(OC2CN(C(=O)C3CCNCC3)C2)ccc(CCB(O)O)c1O. The number of hydrogen-bond acceptors (Lipinski definition) is 7. The quantitative estimate of drug-likeness (QED) is 0.399. The first kappa shape index (κ1) is 20.4. The first-order valence-electron chi connectivity index (χ1n) is 9.47. The van der Waals surface area contributed by atoms with Gasteiger partial charge in [-0.15, -0.1) is 0 Å². The van der Waals surface area contributed by atoms with E-state index in [9.17, 15) is 19.8 Å². The summed E-state index contributed by atoms with van der Waals surface area (Å²) in [5.41, 5.74) is -0.0535. The number of amides is 1. The Labute approximate surface area is 163 Å². The maximum Gasteiger partial charge on any atom is 0.451 e. The highest BCUT2D eigenvalue weighted by atomic mass is 16.5. The monoisotopic (exact) mass is 392 g/mol. The van der Waals surface area contributed by atoms with Crippen molar-refractivity contribution in [1.82, 2.24) is 10.2 Å². The molecule has 2 fully saturated rings. The van der Waals surface area contributed by atoms with E-state index >= 15 is 0 Å². The smallest absolute Gasteiger partial charge is 0.451 e. The topological polar surface area (TPSA) is 140 Å². The number of carboxylic acids is 1. The Kier molecular flexibility index (Phi) is 6.43. The second-order valence-electron chi connectivity index (χ2n) is 7.28. The normalized spacial score (nSPS) is 17.9. The van der Waals surface area contributed by atoms with Gasteiger partial charge in [-0.05, 0) is 50.3 Å². The molecule has 10 heteroatoms. The Morgan fingerprint density at radius 1 is 1.21 bits per heavy atom. The van der Waals surface area contributed by atoms with Crippen LogP contribution in [0, 0.1) is 5.92 Å². The number of carboxylic acid groups (broad SMARTS) is 1. The number of aromatic hydroxyl groups is 1. The predicted octanol–water partition coefficient (Wildman–Crippen LogP) is -0.305. The molecular formula is C18H25BN2O7. The summed E-state index contributed by atoms with van der Waals surface area (Å²) in [4.78, 5) is 25.8. The number of carbonyl (C=O) groups excluding carboxylic acids is 1. The van der Waals surface area contributed by atoms with Crippen LogP contribution < -0.4 is 10.1 Å². The molecule has 0 spiro atoms. The molecule has 1 aromatic rings. The third-order valence-electron chi connectivity index (χ3n) is 5.25. The van der Waals surface area contributed by atoms with Gasteiger partial charge in [-0.2, -0.15) is 0 Å². The number of phenols is 1. The van der Waals surface area contributed by atoms with Crippen molar-refractivity contribution in [2.24, 2.45) is 5.92 Å². The van der Waals surface area contributed by atoms with Crippen molar-refractivity contribution < 1.29 is 34.6 Å². The zero-order valence-corrected chi connectivity index (χ0v) is 15.5. The minimum absolute atomic E-state index is 0.0246. The van der Waals surface area contributed by atoms with E-state index < -0.39 is 18.8 Å². The van der Waals surface area contributed by atoms with E-state index in [-0.39, 0.29) is 42.0 Å². The van der Waals surface area contributed by atoms with Crippen LogP contribution in [-0.4, -0.2) is 76.4 Å². The molecule has 0 bridgehead atoms. The molecule has 2 aliphatic heterocycles. The third-order valence-corrected chi connectivity index (χ3v) is 5.25. The number of hydrogen-bond donors (Lipinski definition) is 5. The van der Waals surface area contributed by atoms with Crippen LogP contribution >= 0.6 is 0 Å².